The van der Waals surface area contributed by atoms with E-state index in [0.29, 0.717) is 11.3 Å². The molecular weight excluding hydrogens is 422 g/mol. The molecule has 1 heterocycles. The predicted octanol–water partition coefficient (Wildman–Crippen LogP) is 5.57. The lowest BCUT2D eigenvalue weighted by atomic mass is 9.98. The fraction of sp³-hybridized carbons (Fsp3) is 0. The predicted molar refractivity (Wildman–Crippen MR) is 136 cm³/mol. The van der Waals surface area contributed by atoms with E-state index in [0.717, 1.165) is 11.1 Å². The molecule has 34 heavy (non-hydrogen) atoms. The second-order valence-electron chi connectivity index (χ2n) is 7.63. The molecule has 0 radical (unpaired) electrons. The molecule has 6 nitrogen and oxygen atoms in total. The molecule has 0 spiro atoms. The highest BCUT2D eigenvalue weighted by Crippen LogP contribution is 2.28. The van der Waals surface area contributed by atoms with Crippen LogP contribution in [0.4, 0.5) is 5.95 Å². The number of nitriles is 1. The Morgan fingerprint density at radius 3 is 2.38 bits per heavy atom. The number of hydrogen-bond donors (Lipinski definition) is 2. The highest BCUT2D eigenvalue weighted by atomic mass is 16.1. The summed E-state index contributed by atoms with van der Waals surface area (Å²) in [6, 6.07) is 33.7. The molecule has 0 bridgehead atoms. The number of nitrogens with one attached hydrogen (secondary N) is 2. The Morgan fingerprint density at radius 1 is 0.853 bits per heavy atom. The van der Waals surface area contributed by atoms with Crippen LogP contribution in [-0.2, 0) is 0 Å². The number of aromatic amines is 1. The maximum absolute atomic E-state index is 12.4. The Labute approximate surface area is 195 Å². The fourth-order valence-electron chi connectivity index (χ4n) is 3.83. The molecule has 0 fully saturated rings. The number of H-pyrrole nitrogens is 1. The van der Waals surface area contributed by atoms with Crippen molar-refractivity contribution >= 4 is 22.9 Å². The van der Waals surface area contributed by atoms with Gasteiger partial charge < -0.3 is 0 Å². The first kappa shape index (κ1) is 20.9. The fourth-order valence-corrected chi connectivity index (χ4v) is 3.83. The SMILES string of the molecule is N#Cc1c(-c2ccccc2)nc(NN=Cc2ccc(-c3cccc4ccccc34)cc2)[nH]c1=O. The highest BCUT2D eigenvalue weighted by molar-refractivity contribution is 5.97. The second kappa shape index (κ2) is 9.23. The summed E-state index contributed by atoms with van der Waals surface area (Å²) in [7, 11) is 0. The van der Waals surface area contributed by atoms with Crippen LogP contribution in [0.5, 0.6) is 0 Å². The molecule has 5 rings (SSSR count). The van der Waals surface area contributed by atoms with Gasteiger partial charge in [0.05, 0.1) is 11.9 Å². The summed E-state index contributed by atoms with van der Waals surface area (Å²) < 4.78 is 0. The zero-order chi connectivity index (χ0) is 23.3. The average molecular weight is 441 g/mol. The quantitative estimate of drug-likeness (QED) is 0.275. The van der Waals surface area contributed by atoms with Crippen molar-refractivity contribution in [3.8, 4) is 28.5 Å². The van der Waals surface area contributed by atoms with E-state index in [-0.39, 0.29) is 11.5 Å². The smallest absolute Gasteiger partial charge is 0.270 e. The van der Waals surface area contributed by atoms with Crippen LogP contribution in [0.2, 0.25) is 0 Å². The van der Waals surface area contributed by atoms with Crippen LogP contribution in [0.25, 0.3) is 33.2 Å². The summed E-state index contributed by atoms with van der Waals surface area (Å²) in [5.41, 5.74) is 6.37. The molecular formula is C28H19N5O. The van der Waals surface area contributed by atoms with Crippen LogP contribution >= 0.6 is 0 Å². The molecule has 4 aromatic carbocycles. The van der Waals surface area contributed by atoms with Gasteiger partial charge in [0, 0.05) is 5.56 Å². The van der Waals surface area contributed by atoms with Crippen molar-refractivity contribution in [2.45, 2.75) is 0 Å². The second-order valence-corrected chi connectivity index (χ2v) is 7.63. The summed E-state index contributed by atoms with van der Waals surface area (Å²) in [6.07, 6.45) is 1.65. The highest BCUT2D eigenvalue weighted by Gasteiger charge is 2.12. The number of hydrazone groups is 1. The number of fused-ring (bicyclic) bond motifs is 1. The van der Waals surface area contributed by atoms with Gasteiger partial charge >= 0.3 is 0 Å². The minimum Gasteiger partial charge on any atom is -0.290 e. The Morgan fingerprint density at radius 2 is 1.59 bits per heavy atom. The number of anilines is 1. The Hall–Kier alpha value is -5.02. The monoisotopic (exact) mass is 441 g/mol. The first-order valence-electron chi connectivity index (χ1n) is 10.7. The normalized spacial score (nSPS) is 10.9. The van der Waals surface area contributed by atoms with Gasteiger partial charge in [-0.1, -0.05) is 97.1 Å². The Kier molecular flexibility index (Phi) is 5.66. The maximum atomic E-state index is 12.4. The van der Waals surface area contributed by atoms with Gasteiger partial charge in [-0.25, -0.2) is 10.4 Å². The summed E-state index contributed by atoms with van der Waals surface area (Å²) in [4.78, 5) is 19.3. The number of benzene rings is 4. The third-order valence-corrected chi connectivity index (χ3v) is 5.47. The van der Waals surface area contributed by atoms with E-state index in [2.05, 4.69) is 63.0 Å². The molecule has 5 aromatic rings. The molecule has 6 heteroatoms. The van der Waals surface area contributed by atoms with Crippen molar-refractivity contribution in [3.63, 3.8) is 0 Å². The van der Waals surface area contributed by atoms with Crippen LogP contribution in [0, 0.1) is 11.3 Å². The molecule has 0 atom stereocenters. The molecule has 2 N–H and O–H groups in total. The van der Waals surface area contributed by atoms with E-state index >= 15 is 0 Å². The Balaban J connectivity index is 1.37. The minimum atomic E-state index is -0.520. The van der Waals surface area contributed by atoms with Crippen molar-refractivity contribution in [2.75, 3.05) is 5.43 Å². The zero-order valence-electron chi connectivity index (χ0n) is 18.1. The molecule has 0 aliphatic carbocycles. The first-order valence-corrected chi connectivity index (χ1v) is 10.7. The van der Waals surface area contributed by atoms with Crippen molar-refractivity contribution in [3.05, 3.63) is 119 Å². The zero-order valence-corrected chi connectivity index (χ0v) is 18.1. The van der Waals surface area contributed by atoms with Gasteiger partial charge in [0.1, 0.15) is 11.6 Å². The number of rotatable bonds is 5. The standard InChI is InChI=1S/C28H19N5O/c29-17-25-26(22-8-2-1-3-9-22)31-28(32-27(25)34)33-30-18-19-13-15-21(16-14-19)24-12-6-10-20-7-4-5-11-23(20)24/h1-16,18H,(H2,31,32,33,34). The van der Waals surface area contributed by atoms with E-state index < -0.39 is 5.56 Å². The van der Waals surface area contributed by atoms with Crippen LogP contribution in [0.1, 0.15) is 11.1 Å². The van der Waals surface area contributed by atoms with E-state index in [4.69, 9.17) is 0 Å². The summed E-state index contributed by atoms with van der Waals surface area (Å²) in [6.45, 7) is 0. The number of hydrogen-bond acceptors (Lipinski definition) is 5. The maximum Gasteiger partial charge on any atom is 0.270 e. The lowest BCUT2D eigenvalue weighted by Crippen LogP contribution is -2.16. The van der Waals surface area contributed by atoms with Gasteiger partial charge in [0.25, 0.3) is 5.56 Å². The molecule has 0 saturated carbocycles. The third-order valence-electron chi connectivity index (χ3n) is 5.47. The summed E-state index contributed by atoms with van der Waals surface area (Å²) in [5.74, 6) is 0.159. The van der Waals surface area contributed by atoms with E-state index in [1.54, 1.807) is 18.3 Å². The lowest BCUT2D eigenvalue weighted by molar-refractivity contribution is 1.08. The minimum absolute atomic E-state index is 0.0373. The topological polar surface area (TPSA) is 93.9 Å². The van der Waals surface area contributed by atoms with Crippen molar-refractivity contribution in [1.82, 2.24) is 9.97 Å². The lowest BCUT2D eigenvalue weighted by Gasteiger charge is -2.07. The first-order chi connectivity index (χ1) is 16.7. The van der Waals surface area contributed by atoms with Crippen molar-refractivity contribution in [1.29, 1.82) is 5.26 Å². The summed E-state index contributed by atoms with van der Waals surface area (Å²) in [5, 5.41) is 16.0. The van der Waals surface area contributed by atoms with E-state index in [1.165, 1.54) is 16.3 Å². The molecule has 1 aromatic heterocycles. The van der Waals surface area contributed by atoms with E-state index in [9.17, 15) is 10.1 Å². The van der Waals surface area contributed by atoms with Crippen LogP contribution < -0.4 is 11.0 Å². The average Bonchev–Trinajstić information content (AvgIpc) is 2.89. The van der Waals surface area contributed by atoms with E-state index in [1.807, 2.05) is 48.5 Å². The third kappa shape index (κ3) is 4.18. The largest absolute Gasteiger partial charge is 0.290 e. The molecule has 0 aliphatic heterocycles. The number of nitrogens with zero attached hydrogens (tertiary/aromatic N) is 3. The van der Waals surface area contributed by atoms with Gasteiger partial charge in [0.15, 0.2) is 0 Å². The van der Waals surface area contributed by atoms with Gasteiger partial charge in [-0.15, -0.1) is 0 Å². The van der Waals surface area contributed by atoms with Gasteiger partial charge in [-0.3, -0.25) is 9.78 Å². The molecule has 0 aliphatic rings. The van der Waals surface area contributed by atoms with Crippen molar-refractivity contribution < 1.29 is 0 Å². The number of aromatic nitrogens is 2. The molecule has 0 amide bonds. The molecule has 0 unspecified atom stereocenters. The molecule has 0 saturated heterocycles. The van der Waals surface area contributed by atoms with Crippen molar-refractivity contribution in [2.24, 2.45) is 5.10 Å². The molecule has 162 valence electrons. The Bertz CT molecular complexity index is 1590. The van der Waals surface area contributed by atoms with Crippen LogP contribution in [-0.4, -0.2) is 16.2 Å². The van der Waals surface area contributed by atoms with Crippen LogP contribution in [0.15, 0.2) is 107 Å². The van der Waals surface area contributed by atoms with Gasteiger partial charge in [-0.2, -0.15) is 10.4 Å². The van der Waals surface area contributed by atoms with Gasteiger partial charge in [0.2, 0.25) is 5.95 Å². The van der Waals surface area contributed by atoms with Gasteiger partial charge in [-0.05, 0) is 27.5 Å². The van der Waals surface area contributed by atoms with Crippen LogP contribution in [0.3, 0.4) is 0 Å². The summed E-state index contributed by atoms with van der Waals surface area (Å²) >= 11 is 0.